The molecule has 0 aliphatic carbocycles. The Hall–Kier alpha value is -3.15. The van der Waals surface area contributed by atoms with Crippen molar-refractivity contribution in [1.29, 1.82) is 0 Å². The molecule has 3 aromatic rings. The van der Waals surface area contributed by atoms with Crippen LogP contribution < -0.4 is 10.6 Å². The fourth-order valence-corrected chi connectivity index (χ4v) is 4.90. The zero-order valence-corrected chi connectivity index (χ0v) is 19.9. The van der Waals surface area contributed by atoms with E-state index in [0.717, 1.165) is 39.9 Å². The lowest BCUT2D eigenvalue weighted by Crippen LogP contribution is -2.19. The molecule has 1 unspecified atom stereocenters. The van der Waals surface area contributed by atoms with Crippen LogP contribution in [-0.2, 0) is 14.4 Å². The Balaban J connectivity index is 1.72. The van der Waals surface area contributed by atoms with E-state index >= 15 is 0 Å². The molecule has 11 heteroatoms. The molecule has 1 heterocycles. The molecule has 0 saturated carbocycles. The van der Waals surface area contributed by atoms with E-state index in [1.165, 1.54) is 23.5 Å². The summed E-state index contributed by atoms with van der Waals surface area (Å²) >= 11 is 4.02. The van der Waals surface area contributed by atoms with Crippen molar-refractivity contribution in [2.45, 2.75) is 22.2 Å². The number of benzene rings is 2. The van der Waals surface area contributed by atoms with Gasteiger partial charge in [-0.2, -0.15) is 9.36 Å². The average molecular weight is 501 g/mol. The minimum atomic E-state index is -1.20. The zero-order chi connectivity index (χ0) is 23.6. The van der Waals surface area contributed by atoms with Gasteiger partial charge in [0, 0.05) is 34.3 Å². The predicted octanol–water partition coefficient (Wildman–Crippen LogP) is 4.70. The average Bonchev–Trinajstić information content (AvgIpc) is 3.24. The maximum atomic E-state index is 13.1. The highest BCUT2D eigenvalue weighted by Gasteiger charge is 2.23. The van der Waals surface area contributed by atoms with Crippen LogP contribution in [0.5, 0.6) is 0 Å². The first-order chi connectivity index (χ1) is 15.9. The Bertz CT molecular complexity index is 1130. The Labute approximate surface area is 203 Å². The van der Waals surface area contributed by atoms with Crippen molar-refractivity contribution in [1.82, 2.24) is 9.36 Å². The first-order valence-electron chi connectivity index (χ1n) is 9.75. The van der Waals surface area contributed by atoms with Crippen molar-refractivity contribution in [2.75, 3.05) is 16.4 Å². The number of carboxylic acid groups (broad SMARTS) is 1. The van der Waals surface area contributed by atoms with Gasteiger partial charge in [0.25, 0.3) is 0 Å². The first-order valence-corrected chi connectivity index (χ1v) is 12.4. The number of nitrogens with zero attached hydrogens (tertiary/aromatic N) is 2. The third-order valence-corrected chi connectivity index (χ3v) is 6.75. The van der Waals surface area contributed by atoms with E-state index in [0.29, 0.717) is 16.0 Å². The Morgan fingerprint density at radius 1 is 1.06 bits per heavy atom. The molecule has 3 rings (SSSR count). The third kappa shape index (κ3) is 7.74. The molecule has 1 atom stereocenters. The van der Waals surface area contributed by atoms with Gasteiger partial charge in [-0.25, -0.2) is 4.79 Å². The van der Waals surface area contributed by atoms with Gasteiger partial charge in [-0.15, -0.1) is 11.8 Å². The van der Waals surface area contributed by atoms with Crippen LogP contribution in [0, 0.1) is 0 Å². The van der Waals surface area contributed by atoms with Gasteiger partial charge in [0.2, 0.25) is 22.1 Å². The molecule has 0 saturated heterocycles. The molecule has 0 fully saturated rings. The van der Waals surface area contributed by atoms with Crippen LogP contribution in [0.3, 0.4) is 0 Å². The summed E-state index contributed by atoms with van der Waals surface area (Å²) in [5.74, 6) is -1.11. The molecule has 0 radical (unpaired) electrons. The monoisotopic (exact) mass is 500 g/mol. The van der Waals surface area contributed by atoms with Crippen LogP contribution in [-0.4, -0.2) is 38.0 Å². The largest absolute Gasteiger partial charge is 0.478 e. The Kier molecular flexibility index (Phi) is 9.04. The summed E-state index contributed by atoms with van der Waals surface area (Å²) in [6, 6.07) is 16.4. The van der Waals surface area contributed by atoms with E-state index in [1.807, 2.05) is 37.3 Å². The van der Waals surface area contributed by atoms with Crippen molar-refractivity contribution in [2.24, 2.45) is 0 Å². The molecule has 8 nitrogen and oxygen atoms in total. The normalized spacial score (nSPS) is 11.8. The Morgan fingerprint density at radius 3 is 2.45 bits per heavy atom. The summed E-state index contributed by atoms with van der Waals surface area (Å²) in [5, 5.41) is 14.6. The zero-order valence-electron chi connectivity index (χ0n) is 17.4. The second-order valence-corrected chi connectivity index (χ2v) is 9.56. The number of anilines is 2. The third-order valence-electron chi connectivity index (χ3n) is 4.00. The van der Waals surface area contributed by atoms with Gasteiger partial charge < -0.3 is 10.4 Å². The maximum absolute atomic E-state index is 13.1. The molecule has 0 aliphatic heterocycles. The van der Waals surface area contributed by atoms with Gasteiger partial charge in [-0.1, -0.05) is 49.0 Å². The molecule has 170 valence electrons. The quantitative estimate of drug-likeness (QED) is 0.271. The summed E-state index contributed by atoms with van der Waals surface area (Å²) in [7, 11) is 0. The molecule has 2 aromatic carbocycles. The number of rotatable bonds is 10. The molecule has 0 aliphatic rings. The van der Waals surface area contributed by atoms with Gasteiger partial charge in [-0.3, -0.25) is 14.9 Å². The predicted molar refractivity (Wildman–Crippen MR) is 132 cm³/mol. The Morgan fingerprint density at radius 2 is 1.79 bits per heavy atom. The van der Waals surface area contributed by atoms with Crippen LogP contribution >= 0.6 is 35.1 Å². The van der Waals surface area contributed by atoms with Gasteiger partial charge in [0.1, 0.15) is 5.25 Å². The molecule has 0 spiro atoms. The van der Waals surface area contributed by atoms with Crippen LogP contribution in [0.4, 0.5) is 10.8 Å². The molecule has 0 bridgehead atoms. The van der Waals surface area contributed by atoms with E-state index < -0.39 is 17.1 Å². The van der Waals surface area contributed by atoms with Gasteiger partial charge >= 0.3 is 5.97 Å². The molecule has 1 aromatic heterocycles. The van der Waals surface area contributed by atoms with E-state index in [1.54, 1.807) is 24.3 Å². The fraction of sp³-hybridized carbons (Fsp3) is 0.136. The highest BCUT2D eigenvalue weighted by atomic mass is 32.2. The van der Waals surface area contributed by atoms with Crippen molar-refractivity contribution in [3.8, 4) is 0 Å². The summed E-state index contributed by atoms with van der Waals surface area (Å²) in [5.41, 5.74) is 1.35. The number of carboxylic acids is 1. The maximum Gasteiger partial charge on any atom is 0.328 e. The van der Waals surface area contributed by atoms with Crippen LogP contribution in [0.15, 0.2) is 76.8 Å². The lowest BCUT2D eigenvalue weighted by molar-refractivity contribution is -0.131. The number of hydrogen-bond acceptors (Lipinski definition) is 8. The standard InChI is InChI=1S/C22H20N4O4S3/c1-2-31-22-25-21(33-26-22)24-20(30)19(14-6-4-3-5-7-14)32-16-10-8-15(9-11-16)23-17(27)12-13-18(28)29/h3-13,19H,2H2,1H3,(H,23,27)(H,28,29)(H,24,25,26,30)/b13-12+. The smallest absolute Gasteiger partial charge is 0.328 e. The second-order valence-electron chi connectivity index (χ2n) is 6.40. The minimum Gasteiger partial charge on any atom is -0.478 e. The van der Waals surface area contributed by atoms with Crippen molar-refractivity contribution < 1.29 is 19.5 Å². The number of carbonyl (C=O) groups is 3. The summed E-state index contributed by atoms with van der Waals surface area (Å²) in [6.07, 6.45) is 1.71. The minimum absolute atomic E-state index is 0.216. The van der Waals surface area contributed by atoms with E-state index in [2.05, 4.69) is 20.0 Å². The number of aromatic nitrogens is 2. The number of amides is 2. The molecule has 33 heavy (non-hydrogen) atoms. The number of thioether (sulfide) groups is 2. The number of hydrogen-bond donors (Lipinski definition) is 3. The summed E-state index contributed by atoms with van der Waals surface area (Å²) in [4.78, 5) is 40.5. The fourth-order valence-electron chi connectivity index (χ4n) is 2.60. The van der Waals surface area contributed by atoms with Gasteiger partial charge in [0.15, 0.2) is 0 Å². The second kappa shape index (κ2) is 12.2. The van der Waals surface area contributed by atoms with Crippen molar-refractivity contribution >= 4 is 63.7 Å². The summed E-state index contributed by atoms with van der Waals surface area (Å²) < 4.78 is 4.23. The van der Waals surface area contributed by atoms with Gasteiger partial charge in [-0.05, 0) is 35.6 Å². The SMILES string of the molecule is CCSc1nsc(NC(=O)C(Sc2ccc(NC(=O)/C=C/C(=O)O)cc2)c2ccccc2)n1. The van der Waals surface area contributed by atoms with Crippen molar-refractivity contribution in [3.63, 3.8) is 0 Å². The molecular formula is C22H20N4O4S3. The lowest BCUT2D eigenvalue weighted by Gasteiger charge is -2.16. The van der Waals surface area contributed by atoms with E-state index in [-0.39, 0.29) is 5.91 Å². The van der Waals surface area contributed by atoms with E-state index in [9.17, 15) is 14.4 Å². The highest BCUT2D eigenvalue weighted by Crippen LogP contribution is 2.37. The lowest BCUT2D eigenvalue weighted by atomic mass is 10.1. The highest BCUT2D eigenvalue weighted by molar-refractivity contribution is 8.00. The van der Waals surface area contributed by atoms with Crippen molar-refractivity contribution in [3.05, 3.63) is 72.3 Å². The van der Waals surface area contributed by atoms with Crippen LogP contribution in [0.25, 0.3) is 0 Å². The molecule has 2 amide bonds. The number of aliphatic carboxylic acids is 1. The first kappa shape index (κ1) is 24.5. The topological polar surface area (TPSA) is 121 Å². The number of nitrogens with one attached hydrogen (secondary N) is 2. The summed E-state index contributed by atoms with van der Waals surface area (Å²) in [6.45, 7) is 2.01. The van der Waals surface area contributed by atoms with E-state index in [4.69, 9.17) is 5.11 Å². The van der Waals surface area contributed by atoms with Crippen LogP contribution in [0.1, 0.15) is 17.7 Å². The van der Waals surface area contributed by atoms with Gasteiger partial charge in [0.05, 0.1) is 0 Å². The molecular weight excluding hydrogens is 480 g/mol. The van der Waals surface area contributed by atoms with Crippen LogP contribution in [0.2, 0.25) is 0 Å². The molecule has 3 N–H and O–H groups in total. The number of carbonyl (C=O) groups excluding carboxylic acids is 2.